The van der Waals surface area contributed by atoms with Crippen LogP contribution in [0.2, 0.25) is 0 Å². The molecule has 0 aromatic heterocycles. The van der Waals surface area contributed by atoms with Gasteiger partial charge in [-0.25, -0.2) is 0 Å². The third-order valence-electron chi connectivity index (χ3n) is 4.92. The van der Waals surface area contributed by atoms with Gasteiger partial charge in [0, 0.05) is 42.2 Å². The second kappa shape index (κ2) is 7.12. The zero-order valence-electron chi connectivity index (χ0n) is 15.5. The molecule has 0 fully saturated rings. The predicted molar refractivity (Wildman–Crippen MR) is 112 cm³/mol. The molecule has 1 N–H and O–H groups in total. The van der Waals surface area contributed by atoms with Gasteiger partial charge in [-0.2, -0.15) is 0 Å². The highest BCUT2D eigenvalue weighted by molar-refractivity contribution is 6.12. The normalized spacial score (nSPS) is 15.0. The van der Waals surface area contributed by atoms with E-state index < -0.39 is 0 Å². The lowest BCUT2D eigenvalue weighted by Gasteiger charge is -2.24. The fourth-order valence-electron chi connectivity index (χ4n) is 3.40. The summed E-state index contributed by atoms with van der Waals surface area (Å²) in [5.74, 6) is 0.0488. The Morgan fingerprint density at radius 1 is 0.889 bits per heavy atom. The summed E-state index contributed by atoms with van der Waals surface area (Å²) >= 11 is 0. The van der Waals surface area contributed by atoms with Gasteiger partial charge in [0.25, 0.3) is 0 Å². The number of anilines is 2. The zero-order chi connectivity index (χ0) is 18.8. The van der Waals surface area contributed by atoms with Gasteiger partial charge in [-0.3, -0.25) is 4.79 Å². The van der Waals surface area contributed by atoms with Crippen LogP contribution >= 0.6 is 0 Å². The van der Waals surface area contributed by atoms with Crippen molar-refractivity contribution in [2.75, 3.05) is 24.3 Å². The molecule has 27 heavy (non-hydrogen) atoms. The third kappa shape index (κ3) is 3.36. The van der Waals surface area contributed by atoms with E-state index in [9.17, 15) is 4.79 Å². The Balaban J connectivity index is 1.63. The van der Waals surface area contributed by atoms with E-state index in [1.807, 2.05) is 62.6 Å². The first kappa shape index (κ1) is 17.1. The van der Waals surface area contributed by atoms with Crippen molar-refractivity contribution in [2.45, 2.75) is 6.04 Å². The molecule has 0 amide bonds. The van der Waals surface area contributed by atoms with Gasteiger partial charge in [-0.1, -0.05) is 66.7 Å². The number of hydrogen-bond donors (Lipinski definition) is 1. The zero-order valence-corrected chi connectivity index (χ0v) is 15.5. The number of rotatable bonds is 4. The van der Waals surface area contributed by atoms with Crippen LogP contribution in [0.4, 0.5) is 11.4 Å². The standard InChI is InChI=1S/C24H22N2O/c1-26(2)19-13-11-17(12-14-19)22-16-15-20-21(9-6-10-23(20)25-22)24(27)18-7-4-3-5-8-18/h3-16,22,25H,1-2H3. The number of nitrogens with zero attached hydrogens (tertiary/aromatic N) is 1. The Kier molecular flexibility index (Phi) is 4.51. The van der Waals surface area contributed by atoms with Gasteiger partial charge in [0.15, 0.2) is 5.78 Å². The number of carbonyl (C=O) groups is 1. The van der Waals surface area contributed by atoms with Crippen molar-refractivity contribution >= 4 is 23.2 Å². The van der Waals surface area contributed by atoms with Gasteiger partial charge < -0.3 is 10.2 Å². The molecule has 1 aliphatic rings. The number of ketones is 1. The van der Waals surface area contributed by atoms with E-state index in [4.69, 9.17) is 0 Å². The molecule has 1 unspecified atom stereocenters. The summed E-state index contributed by atoms with van der Waals surface area (Å²) in [5.41, 5.74) is 5.75. The Hall–Kier alpha value is -3.33. The molecule has 3 nitrogen and oxygen atoms in total. The van der Waals surface area contributed by atoms with E-state index >= 15 is 0 Å². The molecule has 1 aliphatic heterocycles. The lowest BCUT2D eigenvalue weighted by molar-refractivity contribution is 0.103. The number of nitrogens with one attached hydrogen (secondary N) is 1. The largest absolute Gasteiger partial charge is 0.378 e. The molecule has 0 spiro atoms. The first-order chi connectivity index (χ1) is 13.1. The van der Waals surface area contributed by atoms with Crippen molar-refractivity contribution in [3.63, 3.8) is 0 Å². The molecular formula is C24H22N2O. The van der Waals surface area contributed by atoms with E-state index in [1.165, 1.54) is 11.3 Å². The number of benzene rings is 3. The van der Waals surface area contributed by atoms with Gasteiger partial charge in [0.05, 0.1) is 6.04 Å². The molecule has 3 aromatic rings. The lowest BCUT2D eigenvalue weighted by Crippen LogP contribution is -2.15. The van der Waals surface area contributed by atoms with Crippen molar-refractivity contribution < 1.29 is 4.79 Å². The molecule has 134 valence electrons. The van der Waals surface area contributed by atoms with E-state index in [-0.39, 0.29) is 11.8 Å². The summed E-state index contributed by atoms with van der Waals surface area (Å²) in [4.78, 5) is 15.0. The minimum Gasteiger partial charge on any atom is -0.378 e. The molecule has 1 atom stereocenters. The molecule has 1 heterocycles. The number of fused-ring (bicyclic) bond motifs is 1. The first-order valence-electron chi connectivity index (χ1n) is 9.08. The van der Waals surface area contributed by atoms with Crippen molar-refractivity contribution in [3.8, 4) is 0 Å². The SMILES string of the molecule is CN(C)c1ccc(C2C=Cc3c(cccc3C(=O)c3ccccc3)N2)cc1. The number of carbonyl (C=O) groups excluding carboxylic acids is 1. The predicted octanol–water partition coefficient (Wildman–Crippen LogP) is 5.16. The minimum atomic E-state index is 0.0488. The van der Waals surface area contributed by atoms with Gasteiger partial charge in [-0.05, 0) is 23.8 Å². The minimum absolute atomic E-state index is 0.0488. The van der Waals surface area contributed by atoms with Gasteiger partial charge in [-0.15, -0.1) is 0 Å². The van der Waals surface area contributed by atoms with Crippen molar-refractivity contribution in [2.24, 2.45) is 0 Å². The molecule has 0 saturated heterocycles. The third-order valence-corrected chi connectivity index (χ3v) is 4.92. The highest BCUT2D eigenvalue weighted by Gasteiger charge is 2.20. The second-order valence-electron chi connectivity index (χ2n) is 6.93. The van der Waals surface area contributed by atoms with Gasteiger partial charge in [0.1, 0.15) is 0 Å². The molecule has 0 bridgehead atoms. The summed E-state index contributed by atoms with van der Waals surface area (Å²) in [5, 5.41) is 3.56. The molecule has 0 radical (unpaired) electrons. The van der Waals surface area contributed by atoms with Crippen LogP contribution in [-0.4, -0.2) is 19.9 Å². The fourth-order valence-corrected chi connectivity index (χ4v) is 3.40. The van der Waals surface area contributed by atoms with Crippen molar-refractivity contribution in [1.82, 2.24) is 0 Å². The summed E-state index contributed by atoms with van der Waals surface area (Å²) in [6, 6.07) is 23.9. The Morgan fingerprint density at radius 2 is 1.63 bits per heavy atom. The summed E-state index contributed by atoms with van der Waals surface area (Å²) in [7, 11) is 4.07. The van der Waals surface area contributed by atoms with Gasteiger partial charge in [0.2, 0.25) is 0 Å². The van der Waals surface area contributed by atoms with E-state index in [0.717, 1.165) is 16.8 Å². The topological polar surface area (TPSA) is 32.3 Å². The molecule has 0 aliphatic carbocycles. The first-order valence-corrected chi connectivity index (χ1v) is 9.08. The van der Waals surface area contributed by atoms with Crippen LogP contribution in [-0.2, 0) is 0 Å². The second-order valence-corrected chi connectivity index (χ2v) is 6.93. The van der Waals surface area contributed by atoms with Crippen LogP contribution in [0.1, 0.15) is 33.1 Å². The van der Waals surface area contributed by atoms with Crippen molar-refractivity contribution in [3.05, 3.63) is 101 Å². The maximum absolute atomic E-state index is 12.9. The van der Waals surface area contributed by atoms with Crippen LogP contribution in [0.5, 0.6) is 0 Å². The fraction of sp³-hybridized carbons (Fsp3) is 0.125. The molecule has 4 rings (SSSR count). The Morgan fingerprint density at radius 3 is 2.33 bits per heavy atom. The lowest BCUT2D eigenvalue weighted by atomic mass is 9.93. The quantitative estimate of drug-likeness (QED) is 0.657. The average Bonchev–Trinajstić information content (AvgIpc) is 2.73. The van der Waals surface area contributed by atoms with E-state index in [2.05, 4.69) is 46.6 Å². The highest BCUT2D eigenvalue weighted by Crippen LogP contribution is 2.33. The summed E-state index contributed by atoms with van der Waals surface area (Å²) in [6.07, 6.45) is 4.18. The van der Waals surface area contributed by atoms with Crippen LogP contribution < -0.4 is 10.2 Å². The maximum atomic E-state index is 12.9. The highest BCUT2D eigenvalue weighted by atomic mass is 16.1. The van der Waals surface area contributed by atoms with Crippen LogP contribution in [0.15, 0.2) is 78.9 Å². The molecule has 0 saturated carbocycles. The molecule has 3 heteroatoms. The smallest absolute Gasteiger partial charge is 0.193 e. The van der Waals surface area contributed by atoms with Gasteiger partial charge >= 0.3 is 0 Å². The Labute approximate surface area is 160 Å². The van der Waals surface area contributed by atoms with E-state index in [0.29, 0.717) is 5.56 Å². The monoisotopic (exact) mass is 354 g/mol. The van der Waals surface area contributed by atoms with Crippen LogP contribution in [0, 0.1) is 0 Å². The summed E-state index contributed by atoms with van der Waals surface area (Å²) < 4.78 is 0. The average molecular weight is 354 g/mol. The maximum Gasteiger partial charge on any atom is 0.193 e. The van der Waals surface area contributed by atoms with E-state index in [1.54, 1.807) is 0 Å². The number of hydrogen-bond acceptors (Lipinski definition) is 3. The molecule has 3 aromatic carbocycles. The Bertz CT molecular complexity index is 989. The van der Waals surface area contributed by atoms with Crippen LogP contribution in [0.3, 0.4) is 0 Å². The van der Waals surface area contributed by atoms with Crippen molar-refractivity contribution in [1.29, 1.82) is 0 Å². The summed E-state index contributed by atoms with van der Waals surface area (Å²) in [6.45, 7) is 0. The van der Waals surface area contributed by atoms with Crippen LogP contribution in [0.25, 0.3) is 6.08 Å². The molecular weight excluding hydrogens is 332 g/mol.